The van der Waals surface area contributed by atoms with Crippen LogP contribution in [-0.4, -0.2) is 17.0 Å². The Morgan fingerprint density at radius 3 is 2.52 bits per heavy atom. The highest BCUT2D eigenvalue weighted by molar-refractivity contribution is 9.10. The van der Waals surface area contributed by atoms with E-state index in [1.54, 1.807) is 24.3 Å². The van der Waals surface area contributed by atoms with Crippen LogP contribution in [0.5, 0.6) is 0 Å². The number of amides is 1. The smallest absolute Gasteiger partial charge is 0.330 e. The predicted octanol–water partition coefficient (Wildman–Crippen LogP) is 3.58. The molecule has 0 heterocycles. The fourth-order valence-electron chi connectivity index (χ4n) is 2.43. The van der Waals surface area contributed by atoms with Gasteiger partial charge in [-0.05, 0) is 43.4 Å². The Kier molecular flexibility index (Phi) is 5.56. The van der Waals surface area contributed by atoms with E-state index in [9.17, 15) is 14.7 Å². The molecule has 1 unspecified atom stereocenters. The summed E-state index contributed by atoms with van der Waals surface area (Å²) in [5.41, 5.74) is 1.68. The summed E-state index contributed by atoms with van der Waals surface area (Å²) in [6.07, 6.45) is 6.61. The summed E-state index contributed by atoms with van der Waals surface area (Å²) in [5.74, 6) is -1.29. The maximum atomic E-state index is 12.0. The second-order valence-electron chi connectivity index (χ2n) is 5.18. The zero-order valence-electron chi connectivity index (χ0n) is 11.6. The van der Waals surface area contributed by atoms with E-state index in [1.807, 2.05) is 0 Å². The van der Waals surface area contributed by atoms with Gasteiger partial charge in [-0.2, -0.15) is 0 Å². The highest BCUT2D eigenvalue weighted by atomic mass is 79.9. The van der Waals surface area contributed by atoms with Gasteiger partial charge in [-0.15, -0.1) is 0 Å². The molecule has 2 N–H and O–H groups in total. The zero-order chi connectivity index (χ0) is 15.2. The van der Waals surface area contributed by atoms with Crippen LogP contribution in [0.3, 0.4) is 0 Å². The minimum Gasteiger partial charge on any atom is -0.479 e. The Morgan fingerprint density at radius 1 is 1.24 bits per heavy atom. The molecule has 0 aliphatic heterocycles. The summed E-state index contributed by atoms with van der Waals surface area (Å²) < 4.78 is 0.870. The Morgan fingerprint density at radius 2 is 1.95 bits per heavy atom. The third kappa shape index (κ3) is 4.70. The summed E-state index contributed by atoms with van der Waals surface area (Å²) in [6.45, 7) is 0. The quantitative estimate of drug-likeness (QED) is 0.796. The van der Waals surface area contributed by atoms with E-state index in [0.29, 0.717) is 12.0 Å². The van der Waals surface area contributed by atoms with E-state index in [0.717, 1.165) is 29.3 Å². The van der Waals surface area contributed by atoms with Crippen molar-refractivity contribution in [3.8, 4) is 0 Å². The van der Waals surface area contributed by atoms with Crippen LogP contribution < -0.4 is 5.32 Å². The molecule has 1 atom stereocenters. The first-order valence-corrected chi connectivity index (χ1v) is 7.81. The standard InChI is InChI=1S/C16H18BrNO3/c17-13-8-6-12(7-9-13)15(16(20)21)18-14(19)10-11-4-2-1-3-5-11/h4,6-9,15H,1-3,5,10H2,(H,18,19)(H,20,21). The lowest BCUT2D eigenvalue weighted by Gasteiger charge is -2.17. The number of aliphatic carboxylic acids is 1. The number of carbonyl (C=O) groups is 2. The van der Waals surface area contributed by atoms with Gasteiger partial charge in [0.25, 0.3) is 0 Å². The van der Waals surface area contributed by atoms with Gasteiger partial charge in [0.15, 0.2) is 6.04 Å². The molecule has 2 rings (SSSR count). The molecule has 4 nitrogen and oxygen atoms in total. The summed E-state index contributed by atoms with van der Waals surface area (Å²) in [7, 11) is 0. The number of carboxylic acid groups (broad SMARTS) is 1. The molecule has 1 amide bonds. The topological polar surface area (TPSA) is 66.4 Å². The Labute approximate surface area is 132 Å². The number of benzene rings is 1. The highest BCUT2D eigenvalue weighted by Crippen LogP contribution is 2.21. The van der Waals surface area contributed by atoms with Crippen LogP contribution in [0.2, 0.25) is 0 Å². The fourth-order valence-corrected chi connectivity index (χ4v) is 2.69. The van der Waals surface area contributed by atoms with Crippen molar-refractivity contribution in [2.75, 3.05) is 0 Å². The molecule has 112 valence electrons. The molecule has 1 aliphatic rings. The number of carbonyl (C=O) groups excluding carboxylic acids is 1. The van der Waals surface area contributed by atoms with Gasteiger partial charge in [0, 0.05) is 10.9 Å². The third-order valence-electron chi connectivity index (χ3n) is 3.53. The molecular weight excluding hydrogens is 334 g/mol. The molecule has 0 bridgehead atoms. The number of allylic oxidation sites excluding steroid dienone is 1. The van der Waals surface area contributed by atoms with Crippen LogP contribution in [0.25, 0.3) is 0 Å². The Hall–Kier alpha value is -1.62. The summed E-state index contributed by atoms with van der Waals surface area (Å²) in [5, 5.41) is 11.9. The molecule has 0 saturated heterocycles. The van der Waals surface area contributed by atoms with Crippen molar-refractivity contribution < 1.29 is 14.7 Å². The van der Waals surface area contributed by atoms with Crippen LogP contribution in [0.1, 0.15) is 43.7 Å². The van der Waals surface area contributed by atoms with E-state index in [4.69, 9.17) is 0 Å². The van der Waals surface area contributed by atoms with Gasteiger partial charge in [0.05, 0.1) is 0 Å². The van der Waals surface area contributed by atoms with Gasteiger partial charge in [-0.25, -0.2) is 4.79 Å². The molecule has 0 radical (unpaired) electrons. The molecule has 5 heteroatoms. The first-order chi connectivity index (χ1) is 10.1. The lowest BCUT2D eigenvalue weighted by atomic mass is 9.97. The maximum absolute atomic E-state index is 12.0. The molecule has 21 heavy (non-hydrogen) atoms. The monoisotopic (exact) mass is 351 g/mol. The van der Waals surface area contributed by atoms with Gasteiger partial charge < -0.3 is 10.4 Å². The van der Waals surface area contributed by atoms with Crippen molar-refractivity contribution >= 4 is 27.8 Å². The van der Waals surface area contributed by atoms with Crippen molar-refractivity contribution in [1.82, 2.24) is 5.32 Å². The van der Waals surface area contributed by atoms with Crippen molar-refractivity contribution in [1.29, 1.82) is 0 Å². The van der Waals surface area contributed by atoms with Gasteiger partial charge in [-0.1, -0.05) is 39.7 Å². The van der Waals surface area contributed by atoms with Crippen LogP contribution in [0, 0.1) is 0 Å². The van der Waals surface area contributed by atoms with Gasteiger partial charge in [-0.3, -0.25) is 4.79 Å². The second-order valence-corrected chi connectivity index (χ2v) is 6.09. The third-order valence-corrected chi connectivity index (χ3v) is 4.06. The molecule has 1 aromatic rings. The zero-order valence-corrected chi connectivity index (χ0v) is 13.2. The lowest BCUT2D eigenvalue weighted by Crippen LogP contribution is -2.33. The van der Waals surface area contributed by atoms with E-state index in [2.05, 4.69) is 27.3 Å². The van der Waals surface area contributed by atoms with Crippen LogP contribution in [0.15, 0.2) is 40.4 Å². The molecule has 0 saturated carbocycles. The van der Waals surface area contributed by atoms with Crippen LogP contribution >= 0.6 is 15.9 Å². The summed E-state index contributed by atoms with van der Waals surface area (Å²) in [4.78, 5) is 23.4. The first kappa shape index (κ1) is 15.8. The molecular formula is C16H18BrNO3. The van der Waals surface area contributed by atoms with Crippen LogP contribution in [-0.2, 0) is 9.59 Å². The van der Waals surface area contributed by atoms with Gasteiger partial charge in [0.1, 0.15) is 0 Å². The maximum Gasteiger partial charge on any atom is 0.330 e. The number of nitrogens with one attached hydrogen (secondary N) is 1. The minimum absolute atomic E-state index is 0.238. The largest absolute Gasteiger partial charge is 0.479 e. The number of carboxylic acids is 1. The SMILES string of the molecule is O=C(CC1=CCCCC1)NC(C(=O)O)c1ccc(Br)cc1. The first-order valence-electron chi connectivity index (χ1n) is 7.02. The number of hydrogen-bond donors (Lipinski definition) is 2. The summed E-state index contributed by atoms with van der Waals surface area (Å²) in [6, 6.07) is 5.92. The van der Waals surface area contributed by atoms with Gasteiger partial charge >= 0.3 is 5.97 Å². The minimum atomic E-state index is -1.05. The van der Waals surface area contributed by atoms with Crippen molar-refractivity contribution in [2.45, 2.75) is 38.1 Å². The normalized spacial score (nSPS) is 16.0. The van der Waals surface area contributed by atoms with Crippen LogP contribution in [0.4, 0.5) is 0 Å². The number of halogens is 1. The van der Waals surface area contributed by atoms with E-state index in [-0.39, 0.29) is 5.91 Å². The molecule has 1 aromatic carbocycles. The molecule has 0 aromatic heterocycles. The van der Waals surface area contributed by atoms with Crippen molar-refractivity contribution in [2.24, 2.45) is 0 Å². The van der Waals surface area contributed by atoms with E-state index < -0.39 is 12.0 Å². The van der Waals surface area contributed by atoms with Gasteiger partial charge in [0.2, 0.25) is 5.91 Å². The number of rotatable bonds is 5. The lowest BCUT2D eigenvalue weighted by molar-refractivity contribution is -0.142. The van der Waals surface area contributed by atoms with Crippen molar-refractivity contribution in [3.05, 3.63) is 46.0 Å². The highest BCUT2D eigenvalue weighted by Gasteiger charge is 2.22. The molecule has 0 spiro atoms. The predicted molar refractivity (Wildman–Crippen MR) is 83.8 cm³/mol. The number of hydrogen-bond acceptors (Lipinski definition) is 2. The fraction of sp³-hybridized carbons (Fsp3) is 0.375. The average Bonchev–Trinajstić information content (AvgIpc) is 2.47. The Balaban J connectivity index is 2.02. The average molecular weight is 352 g/mol. The summed E-state index contributed by atoms with van der Waals surface area (Å²) >= 11 is 3.31. The van der Waals surface area contributed by atoms with E-state index in [1.165, 1.54) is 6.42 Å². The molecule has 0 fully saturated rings. The molecule has 1 aliphatic carbocycles. The Bertz CT molecular complexity index is 551. The second kappa shape index (κ2) is 7.41. The van der Waals surface area contributed by atoms with Crippen molar-refractivity contribution in [3.63, 3.8) is 0 Å². The van der Waals surface area contributed by atoms with E-state index >= 15 is 0 Å².